The summed E-state index contributed by atoms with van der Waals surface area (Å²) in [6, 6.07) is 12.5. The monoisotopic (exact) mass is 508 g/mol. The number of halogens is 1. The van der Waals surface area contributed by atoms with Gasteiger partial charge in [-0.25, -0.2) is 0 Å². The molecule has 4 rings (SSSR count). The summed E-state index contributed by atoms with van der Waals surface area (Å²) in [5.41, 5.74) is 2.79. The van der Waals surface area contributed by atoms with Gasteiger partial charge in [-0.2, -0.15) is 0 Å². The molecule has 1 saturated carbocycles. The number of furan rings is 1. The fourth-order valence-electron chi connectivity index (χ4n) is 3.93. The van der Waals surface area contributed by atoms with Crippen molar-refractivity contribution >= 4 is 35.8 Å². The van der Waals surface area contributed by atoms with E-state index in [1.165, 1.54) is 11.1 Å². The summed E-state index contributed by atoms with van der Waals surface area (Å²) < 4.78 is 5.24. The zero-order valence-electron chi connectivity index (χ0n) is 17.0. The number of hydrogen-bond acceptors (Lipinski definition) is 3. The van der Waals surface area contributed by atoms with Gasteiger partial charge in [0.15, 0.2) is 11.7 Å². The summed E-state index contributed by atoms with van der Waals surface area (Å²) >= 11 is 0. The van der Waals surface area contributed by atoms with Gasteiger partial charge >= 0.3 is 0 Å². The van der Waals surface area contributed by atoms with E-state index in [1.807, 2.05) is 4.90 Å². The Labute approximate surface area is 189 Å². The van der Waals surface area contributed by atoms with E-state index in [0.717, 1.165) is 32.0 Å². The van der Waals surface area contributed by atoms with Crippen molar-refractivity contribution in [1.82, 2.24) is 15.1 Å². The second-order valence-corrected chi connectivity index (χ2v) is 7.50. The topological polar surface area (TPSA) is 61.1 Å². The van der Waals surface area contributed by atoms with Crippen LogP contribution in [0.2, 0.25) is 0 Å². The predicted molar refractivity (Wildman–Crippen MR) is 125 cm³/mol. The molecule has 2 fully saturated rings. The Balaban J connectivity index is 0.00000240. The van der Waals surface area contributed by atoms with E-state index in [9.17, 15) is 4.79 Å². The first-order valence-electron chi connectivity index (χ1n) is 10.1. The summed E-state index contributed by atoms with van der Waals surface area (Å²) in [7, 11) is 0. The van der Waals surface area contributed by atoms with Crippen LogP contribution >= 0.6 is 24.0 Å². The third kappa shape index (κ3) is 4.94. The number of piperazine rings is 1. The number of amides is 1. The van der Waals surface area contributed by atoms with Gasteiger partial charge in [-0.05, 0) is 43.5 Å². The number of aliphatic imine (C=N–C) groups is 1. The Hall–Kier alpha value is -2.03. The molecule has 1 saturated heterocycles. The molecule has 1 amide bonds. The van der Waals surface area contributed by atoms with Crippen LogP contribution < -0.4 is 5.32 Å². The first-order chi connectivity index (χ1) is 13.7. The number of hydrogen-bond donors (Lipinski definition) is 1. The number of nitrogens with zero attached hydrogens (tertiary/aromatic N) is 3. The van der Waals surface area contributed by atoms with Crippen LogP contribution in [0.5, 0.6) is 0 Å². The molecule has 6 nitrogen and oxygen atoms in total. The van der Waals surface area contributed by atoms with Gasteiger partial charge in [0.05, 0.1) is 6.26 Å². The Morgan fingerprint density at radius 1 is 1.14 bits per heavy atom. The van der Waals surface area contributed by atoms with E-state index in [0.29, 0.717) is 30.8 Å². The number of rotatable bonds is 4. The maximum Gasteiger partial charge on any atom is 0.289 e. The molecule has 1 N–H and O–H groups in total. The van der Waals surface area contributed by atoms with Crippen molar-refractivity contribution in [1.29, 1.82) is 0 Å². The molecule has 1 aliphatic heterocycles. The molecule has 156 valence electrons. The lowest BCUT2D eigenvalue weighted by Gasteiger charge is -2.36. The predicted octanol–water partition coefficient (Wildman–Crippen LogP) is 3.49. The van der Waals surface area contributed by atoms with Gasteiger partial charge in [-0.3, -0.25) is 9.79 Å². The molecule has 2 heterocycles. The van der Waals surface area contributed by atoms with E-state index >= 15 is 0 Å². The van der Waals surface area contributed by atoms with E-state index in [4.69, 9.17) is 9.41 Å². The van der Waals surface area contributed by atoms with Crippen LogP contribution in [0.1, 0.15) is 40.9 Å². The van der Waals surface area contributed by atoms with Crippen LogP contribution in [-0.4, -0.2) is 60.4 Å². The highest BCUT2D eigenvalue weighted by Gasteiger charge is 2.40. The number of guanidine groups is 1. The molecular weight excluding hydrogens is 479 g/mol. The first-order valence-corrected chi connectivity index (χ1v) is 10.1. The Kier molecular flexibility index (Phi) is 7.21. The molecule has 0 radical (unpaired) electrons. The van der Waals surface area contributed by atoms with Gasteiger partial charge in [0.25, 0.3) is 5.91 Å². The van der Waals surface area contributed by atoms with Crippen molar-refractivity contribution in [2.24, 2.45) is 4.99 Å². The van der Waals surface area contributed by atoms with Crippen LogP contribution in [0.4, 0.5) is 0 Å². The summed E-state index contributed by atoms with van der Waals surface area (Å²) in [5.74, 6) is 1.90. The van der Waals surface area contributed by atoms with Gasteiger partial charge in [-0.15, -0.1) is 24.0 Å². The molecule has 1 aliphatic carbocycles. The van der Waals surface area contributed by atoms with Crippen LogP contribution in [0, 0.1) is 6.92 Å². The largest absolute Gasteiger partial charge is 0.459 e. The molecule has 2 unspecified atom stereocenters. The number of nitrogens with one attached hydrogen (secondary N) is 1. The molecule has 0 bridgehead atoms. The third-order valence-corrected chi connectivity index (χ3v) is 5.60. The quantitative estimate of drug-likeness (QED) is 0.391. The molecule has 1 aromatic carbocycles. The minimum absolute atomic E-state index is 0. The molecule has 1 aromatic heterocycles. The SMILES string of the molecule is CCN=C(NC1CC1c1ccccc1C)N1CCN(C(=O)c2ccco2)CC1.I. The van der Waals surface area contributed by atoms with Crippen LogP contribution in [0.25, 0.3) is 0 Å². The first kappa shape index (κ1) is 21.7. The van der Waals surface area contributed by atoms with Crippen LogP contribution in [0.3, 0.4) is 0 Å². The highest BCUT2D eigenvalue weighted by atomic mass is 127. The zero-order valence-corrected chi connectivity index (χ0v) is 19.3. The lowest BCUT2D eigenvalue weighted by atomic mass is 10.0. The van der Waals surface area contributed by atoms with Gasteiger partial charge in [0, 0.05) is 44.7 Å². The average Bonchev–Trinajstić information content (AvgIpc) is 3.25. The second kappa shape index (κ2) is 9.65. The van der Waals surface area contributed by atoms with E-state index in [1.54, 1.807) is 18.4 Å². The zero-order chi connectivity index (χ0) is 19.5. The molecule has 2 aromatic rings. The van der Waals surface area contributed by atoms with E-state index in [-0.39, 0.29) is 29.9 Å². The van der Waals surface area contributed by atoms with E-state index in [2.05, 4.69) is 48.3 Å². The summed E-state index contributed by atoms with van der Waals surface area (Å²) in [6.07, 6.45) is 2.68. The van der Waals surface area contributed by atoms with Crippen molar-refractivity contribution in [2.75, 3.05) is 32.7 Å². The number of benzene rings is 1. The van der Waals surface area contributed by atoms with Gasteiger partial charge < -0.3 is 19.5 Å². The van der Waals surface area contributed by atoms with Crippen LogP contribution in [-0.2, 0) is 0 Å². The molecule has 2 aliphatic rings. The van der Waals surface area contributed by atoms with E-state index < -0.39 is 0 Å². The van der Waals surface area contributed by atoms with Gasteiger partial charge in [-0.1, -0.05) is 24.3 Å². The van der Waals surface area contributed by atoms with Crippen molar-refractivity contribution in [3.8, 4) is 0 Å². The summed E-state index contributed by atoms with van der Waals surface area (Å²) in [6.45, 7) is 7.90. The number of aryl methyl sites for hydroxylation is 1. The Bertz CT molecular complexity index is 844. The second-order valence-electron chi connectivity index (χ2n) is 7.50. The summed E-state index contributed by atoms with van der Waals surface area (Å²) in [4.78, 5) is 21.3. The number of carbonyl (C=O) groups is 1. The lowest BCUT2D eigenvalue weighted by Crippen LogP contribution is -2.54. The normalized spacial score (nSPS) is 21.5. The molecule has 2 atom stereocenters. The maximum absolute atomic E-state index is 12.5. The Morgan fingerprint density at radius 3 is 2.52 bits per heavy atom. The van der Waals surface area contributed by atoms with Gasteiger partial charge in [0.1, 0.15) is 0 Å². The minimum Gasteiger partial charge on any atom is -0.459 e. The standard InChI is InChI=1S/C22H28N4O2.HI/c1-3-23-22(24-19-15-18(19)17-8-5-4-7-16(17)2)26-12-10-25(11-13-26)21(27)20-9-6-14-28-20;/h4-9,14,18-19H,3,10-13,15H2,1-2H3,(H,23,24);1H. The van der Waals surface area contributed by atoms with Crippen molar-refractivity contribution in [3.05, 3.63) is 59.5 Å². The highest BCUT2D eigenvalue weighted by molar-refractivity contribution is 14.0. The fourth-order valence-corrected chi connectivity index (χ4v) is 3.93. The molecule has 7 heteroatoms. The fraction of sp³-hybridized carbons (Fsp3) is 0.455. The lowest BCUT2D eigenvalue weighted by molar-refractivity contribution is 0.0657. The van der Waals surface area contributed by atoms with Crippen molar-refractivity contribution < 1.29 is 9.21 Å². The van der Waals surface area contributed by atoms with Crippen molar-refractivity contribution in [3.63, 3.8) is 0 Å². The van der Waals surface area contributed by atoms with Crippen molar-refractivity contribution in [2.45, 2.75) is 32.2 Å². The minimum atomic E-state index is -0.0339. The number of carbonyl (C=O) groups excluding carboxylic acids is 1. The Morgan fingerprint density at radius 2 is 1.86 bits per heavy atom. The smallest absolute Gasteiger partial charge is 0.289 e. The molecule has 0 spiro atoms. The highest BCUT2D eigenvalue weighted by Crippen LogP contribution is 2.42. The maximum atomic E-state index is 12.5. The third-order valence-electron chi connectivity index (χ3n) is 5.60. The molecule has 29 heavy (non-hydrogen) atoms. The summed E-state index contributed by atoms with van der Waals surface area (Å²) in [5, 5.41) is 3.66. The van der Waals surface area contributed by atoms with Gasteiger partial charge in [0.2, 0.25) is 0 Å². The average molecular weight is 508 g/mol. The molecular formula is C22H29IN4O2. The van der Waals surface area contributed by atoms with Crippen LogP contribution in [0.15, 0.2) is 52.1 Å².